The van der Waals surface area contributed by atoms with Crippen molar-refractivity contribution in [2.75, 3.05) is 25.6 Å². The van der Waals surface area contributed by atoms with E-state index >= 15 is 0 Å². The fourth-order valence-corrected chi connectivity index (χ4v) is 4.40. The van der Waals surface area contributed by atoms with Crippen LogP contribution in [0.2, 0.25) is 0 Å². The second-order valence-electron chi connectivity index (χ2n) is 9.70. The number of nitrogens with zero attached hydrogens (tertiary/aromatic N) is 5. The number of methoxy groups -OCH3 is 1. The minimum atomic E-state index is 0.0659. The Morgan fingerprint density at radius 3 is 2.66 bits per heavy atom. The van der Waals surface area contributed by atoms with Crippen molar-refractivity contribution in [2.45, 2.75) is 51.7 Å². The molecule has 2 aromatic carbocycles. The number of rotatable bonds is 10. The van der Waals surface area contributed by atoms with Crippen LogP contribution in [0.3, 0.4) is 0 Å². The van der Waals surface area contributed by atoms with E-state index in [0.717, 1.165) is 40.7 Å². The number of Topliss-reactive ketones (excluding diaryl/α,β-unsaturated/α-hetero) is 1. The van der Waals surface area contributed by atoms with Crippen LogP contribution in [0.1, 0.15) is 43.9 Å². The maximum absolute atomic E-state index is 12.6. The van der Waals surface area contributed by atoms with Crippen molar-refractivity contribution in [1.29, 1.82) is 0 Å². The van der Waals surface area contributed by atoms with E-state index in [1.165, 1.54) is 6.33 Å². The molecular weight excluding hydrogens is 484 g/mol. The summed E-state index contributed by atoms with van der Waals surface area (Å²) in [4.78, 5) is 21.5. The van der Waals surface area contributed by atoms with Crippen molar-refractivity contribution in [1.82, 2.24) is 25.0 Å². The molecule has 0 radical (unpaired) electrons. The average molecular weight is 517 g/mol. The van der Waals surface area contributed by atoms with Crippen molar-refractivity contribution in [2.24, 2.45) is 0 Å². The molecule has 10 nitrogen and oxygen atoms in total. The van der Waals surface area contributed by atoms with Gasteiger partial charge in [-0.05, 0) is 23.6 Å². The number of carbonyl (C=O) groups is 1. The standard InChI is InChI=1S/C28H32N6O4/c1-18(2)25-16-34(33-32-25)15-21(35)12-19-4-6-20(7-5-19)31-28-27-24(29-17-30-28)13-23(14-26(27)36-3)38-22-8-10-37-11-9-22/h4-7,13-14,16-18,22H,8-12,15H2,1-3H3,(H,29,30,31). The topological polar surface area (TPSA) is 113 Å². The smallest absolute Gasteiger partial charge is 0.158 e. The van der Waals surface area contributed by atoms with Gasteiger partial charge in [-0.3, -0.25) is 4.79 Å². The Morgan fingerprint density at radius 1 is 1.16 bits per heavy atom. The van der Waals surface area contributed by atoms with Gasteiger partial charge in [0.1, 0.15) is 36.3 Å². The predicted molar refractivity (Wildman–Crippen MR) is 143 cm³/mol. The van der Waals surface area contributed by atoms with Gasteiger partial charge in [0, 0.05) is 43.3 Å². The third kappa shape index (κ3) is 6.08. The number of carbonyl (C=O) groups excluding carboxylic acids is 1. The molecule has 2 aromatic heterocycles. The zero-order valence-electron chi connectivity index (χ0n) is 21.9. The third-order valence-electron chi connectivity index (χ3n) is 6.47. The molecule has 10 heteroatoms. The largest absolute Gasteiger partial charge is 0.496 e. The van der Waals surface area contributed by atoms with E-state index in [9.17, 15) is 4.79 Å². The van der Waals surface area contributed by atoms with Gasteiger partial charge in [-0.15, -0.1) is 5.10 Å². The highest BCUT2D eigenvalue weighted by Gasteiger charge is 2.18. The Balaban J connectivity index is 1.27. The first-order chi connectivity index (χ1) is 18.5. The molecule has 0 amide bonds. The fourth-order valence-electron chi connectivity index (χ4n) is 4.40. The molecule has 5 rings (SSSR count). The molecular formula is C28H32N6O4. The van der Waals surface area contributed by atoms with Gasteiger partial charge >= 0.3 is 0 Å². The molecule has 1 aliphatic heterocycles. The number of hydrogen-bond donors (Lipinski definition) is 1. The molecule has 1 N–H and O–H groups in total. The first kappa shape index (κ1) is 25.6. The minimum Gasteiger partial charge on any atom is -0.496 e. The number of hydrogen-bond acceptors (Lipinski definition) is 9. The van der Waals surface area contributed by atoms with Gasteiger partial charge in [-0.1, -0.05) is 31.2 Å². The van der Waals surface area contributed by atoms with Gasteiger partial charge in [-0.2, -0.15) is 0 Å². The summed E-state index contributed by atoms with van der Waals surface area (Å²) in [6.07, 6.45) is 5.50. The summed E-state index contributed by atoms with van der Waals surface area (Å²) in [5, 5.41) is 12.3. The van der Waals surface area contributed by atoms with Gasteiger partial charge in [0.15, 0.2) is 5.78 Å². The molecule has 198 valence electrons. The number of anilines is 2. The van der Waals surface area contributed by atoms with Crippen LogP contribution in [-0.4, -0.2) is 57.2 Å². The van der Waals surface area contributed by atoms with Gasteiger partial charge in [0.25, 0.3) is 0 Å². The van der Waals surface area contributed by atoms with E-state index in [-0.39, 0.29) is 24.3 Å². The quantitative estimate of drug-likeness (QED) is 0.326. The van der Waals surface area contributed by atoms with Crippen LogP contribution < -0.4 is 14.8 Å². The summed E-state index contributed by atoms with van der Waals surface area (Å²) >= 11 is 0. The second-order valence-corrected chi connectivity index (χ2v) is 9.70. The van der Waals surface area contributed by atoms with Crippen LogP contribution in [-0.2, 0) is 22.5 Å². The summed E-state index contributed by atoms with van der Waals surface area (Å²) in [5.41, 5.74) is 3.36. The van der Waals surface area contributed by atoms with Crippen LogP contribution in [0, 0.1) is 0 Å². The number of benzene rings is 2. The van der Waals surface area contributed by atoms with E-state index in [1.54, 1.807) is 11.8 Å². The van der Waals surface area contributed by atoms with Crippen molar-refractivity contribution < 1.29 is 19.0 Å². The molecule has 1 fully saturated rings. The highest BCUT2D eigenvalue weighted by molar-refractivity contribution is 5.96. The first-order valence-electron chi connectivity index (χ1n) is 12.8. The first-order valence-corrected chi connectivity index (χ1v) is 12.8. The summed E-state index contributed by atoms with van der Waals surface area (Å²) in [7, 11) is 1.62. The Bertz CT molecular complexity index is 1400. The summed E-state index contributed by atoms with van der Waals surface area (Å²) in [6.45, 7) is 5.71. The molecule has 4 aromatic rings. The van der Waals surface area contributed by atoms with E-state index < -0.39 is 0 Å². The van der Waals surface area contributed by atoms with Crippen LogP contribution >= 0.6 is 0 Å². The van der Waals surface area contributed by atoms with Gasteiger partial charge in [0.2, 0.25) is 0 Å². The number of ether oxygens (including phenoxy) is 3. The van der Waals surface area contributed by atoms with E-state index in [0.29, 0.717) is 37.0 Å². The normalized spacial score (nSPS) is 14.1. The van der Waals surface area contributed by atoms with E-state index in [4.69, 9.17) is 14.2 Å². The van der Waals surface area contributed by atoms with Gasteiger partial charge in [0.05, 0.1) is 36.9 Å². The van der Waals surface area contributed by atoms with Gasteiger partial charge in [-0.25, -0.2) is 14.6 Å². The third-order valence-corrected chi connectivity index (χ3v) is 6.47. The van der Waals surface area contributed by atoms with Crippen LogP contribution in [0.15, 0.2) is 48.9 Å². The predicted octanol–water partition coefficient (Wildman–Crippen LogP) is 4.47. The Labute approximate surface area is 221 Å². The fraction of sp³-hybridized carbons (Fsp3) is 0.393. The second kappa shape index (κ2) is 11.6. The molecule has 0 atom stereocenters. The average Bonchev–Trinajstić information content (AvgIpc) is 3.39. The molecule has 1 saturated heterocycles. The molecule has 1 aliphatic rings. The zero-order valence-corrected chi connectivity index (χ0v) is 21.9. The monoisotopic (exact) mass is 516 g/mol. The Kier molecular flexibility index (Phi) is 7.78. The zero-order chi connectivity index (χ0) is 26.5. The molecule has 38 heavy (non-hydrogen) atoms. The van der Waals surface area contributed by atoms with E-state index in [2.05, 4.69) is 25.6 Å². The lowest BCUT2D eigenvalue weighted by Gasteiger charge is -2.23. The number of ketones is 1. The van der Waals surface area contributed by atoms with Crippen LogP contribution in [0.25, 0.3) is 10.9 Å². The maximum Gasteiger partial charge on any atom is 0.158 e. The summed E-state index contributed by atoms with van der Waals surface area (Å²) in [5.74, 6) is 2.31. The van der Waals surface area contributed by atoms with Crippen molar-refractivity contribution in [3.05, 3.63) is 60.2 Å². The molecule has 0 aliphatic carbocycles. The Hall–Kier alpha value is -4.05. The Morgan fingerprint density at radius 2 is 1.95 bits per heavy atom. The minimum absolute atomic E-state index is 0.0659. The lowest BCUT2D eigenvalue weighted by atomic mass is 10.1. The molecule has 0 unspecified atom stereocenters. The van der Waals surface area contributed by atoms with Crippen LogP contribution in [0.4, 0.5) is 11.5 Å². The number of fused-ring (bicyclic) bond motifs is 1. The van der Waals surface area contributed by atoms with Crippen molar-refractivity contribution >= 4 is 28.2 Å². The molecule has 3 heterocycles. The lowest BCUT2D eigenvalue weighted by molar-refractivity contribution is -0.119. The molecule has 0 saturated carbocycles. The summed E-state index contributed by atoms with van der Waals surface area (Å²) in [6, 6.07) is 11.5. The lowest BCUT2D eigenvalue weighted by Crippen LogP contribution is -2.25. The highest BCUT2D eigenvalue weighted by Crippen LogP contribution is 2.36. The molecule has 0 bridgehead atoms. The summed E-state index contributed by atoms with van der Waals surface area (Å²) < 4.78 is 18.9. The van der Waals surface area contributed by atoms with Gasteiger partial charge < -0.3 is 19.5 Å². The van der Waals surface area contributed by atoms with E-state index in [1.807, 2.05) is 56.4 Å². The van der Waals surface area contributed by atoms with Crippen molar-refractivity contribution in [3.63, 3.8) is 0 Å². The van der Waals surface area contributed by atoms with Crippen molar-refractivity contribution in [3.8, 4) is 11.5 Å². The SMILES string of the molecule is COc1cc(OC2CCOCC2)cc2ncnc(Nc3ccc(CC(=O)Cn4cc(C(C)C)nn4)cc3)c12. The highest BCUT2D eigenvalue weighted by atomic mass is 16.5. The maximum atomic E-state index is 12.6. The number of nitrogens with one attached hydrogen (secondary N) is 1. The number of aromatic nitrogens is 5. The van der Waals surface area contributed by atoms with Crippen LogP contribution in [0.5, 0.6) is 11.5 Å². The molecule has 0 spiro atoms.